The first kappa shape index (κ1) is 14.7. The summed E-state index contributed by atoms with van der Waals surface area (Å²) in [6.45, 7) is 3.21. The minimum Gasteiger partial charge on any atom is -0.359 e. The van der Waals surface area contributed by atoms with E-state index in [4.69, 9.17) is 4.84 Å². The zero-order chi connectivity index (χ0) is 15.2. The van der Waals surface area contributed by atoms with Gasteiger partial charge in [0, 0.05) is 17.0 Å². The number of rotatable bonds is 2. The Balaban J connectivity index is 2.08. The Morgan fingerprint density at radius 2 is 2.05 bits per heavy atom. The summed E-state index contributed by atoms with van der Waals surface area (Å²) in [6, 6.07) is 7.47. The molecule has 6 heteroatoms. The normalized spacial score (nSPS) is 24.8. The summed E-state index contributed by atoms with van der Waals surface area (Å²) < 4.78 is 15.2. The molecule has 2 unspecified atom stereocenters. The van der Waals surface area contributed by atoms with Gasteiger partial charge in [0.2, 0.25) is 5.79 Å². The number of hydrogen-bond donors (Lipinski definition) is 1. The van der Waals surface area contributed by atoms with Crippen LogP contribution in [0.4, 0.5) is 4.39 Å². The Kier molecular flexibility index (Phi) is 3.63. The smallest absolute Gasteiger partial charge is 0.245 e. The zero-order valence-electron chi connectivity index (χ0n) is 11.4. The first-order chi connectivity index (χ1) is 9.90. The number of hydrogen-bond acceptors (Lipinski definition) is 4. The van der Waals surface area contributed by atoms with Crippen LogP contribution < -0.4 is 0 Å². The van der Waals surface area contributed by atoms with Crippen LogP contribution >= 0.6 is 27.3 Å². The summed E-state index contributed by atoms with van der Waals surface area (Å²) in [6.07, 6.45) is 0. The van der Waals surface area contributed by atoms with E-state index in [2.05, 4.69) is 21.1 Å². The van der Waals surface area contributed by atoms with Crippen LogP contribution in [-0.2, 0) is 4.84 Å². The van der Waals surface area contributed by atoms with Crippen molar-refractivity contribution in [2.75, 3.05) is 0 Å². The van der Waals surface area contributed by atoms with Crippen LogP contribution in [-0.4, -0.2) is 16.6 Å². The third kappa shape index (κ3) is 2.52. The number of thiophene rings is 1. The summed E-state index contributed by atoms with van der Waals surface area (Å²) in [5.41, 5.74) is 1.90. The molecule has 3 rings (SSSR count). The number of oxime groups is 1. The molecule has 1 aromatic carbocycles. The molecular formula is C15H13BrFNO2S. The fraction of sp³-hybridized carbons (Fsp3) is 0.267. The summed E-state index contributed by atoms with van der Waals surface area (Å²) in [5.74, 6) is -2.50. The molecule has 1 aromatic heterocycles. The summed E-state index contributed by atoms with van der Waals surface area (Å²) in [5, 5.41) is 16.1. The lowest BCUT2D eigenvalue weighted by atomic mass is 9.89. The van der Waals surface area contributed by atoms with Crippen LogP contribution in [0.2, 0.25) is 0 Å². The lowest BCUT2D eigenvalue weighted by Crippen LogP contribution is -2.34. The highest BCUT2D eigenvalue weighted by atomic mass is 79.9. The SMILES string of the molecule is Cc1csc(C2C(c3ccc(Br)cc3)=NOC2(C)O)c1F. The molecule has 0 aliphatic carbocycles. The summed E-state index contributed by atoms with van der Waals surface area (Å²) in [4.78, 5) is 5.58. The van der Waals surface area contributed by atoms with E-state index in [-0.39, 0.29) is 5.82 Å². The molecule has 0 fully saturated rings. The number of halogens is 2. The highest BCUT2D eigenvalue weighted by molar-refractivity contribution is 9.10. The number of benzene rings is 1. The molecule has 0 spiro atoms. The first-order valence-corrected chi connectivity index (χ1v) is 8.05. The summed E-state index contributed by atoms with van der Waals surface area (Å²) >= 11 is 4.65. The Morgan fingerprint density at radius 3 is 2.62 bits per heavy atom. The van der Waals surface area contributed by atoms with Gasteiger partial charge in [0.1, 0.15) is 17.4 Å². The molecular weight excluding hydrogens is 357 g/mol. The van der Waals surface area contributed by atoms with E-state index in [9.17, 15) is 9.50 Å². The van der Waals surface area contributed by atoms with Gasteiger partial charge in [0.15, 0.2) is 0 Å². The summed E-state index contributed by atoms with van der Waals surface area (Å²) in [7, 11) is 0. The van der Waals surface area contributed by atoms with Crippen molar-refractivity contribution in [2.24, 2.45) is 5.16 Å². The van der Waals surface area contributed by atoms with Gasteiger partial charge >= 0.3 is 0 Å². The fourth-order valence-electron chi connectivity index (χ4n) is 2.35. The highest BCUT2D eigenvalue weighted by Crippen LogP contribution is 2.42. The molecule has 3 nitrogen and oxygen atoms in total. The minimum atomic E-state index is -1.56. The van der Waals surface area contributed by atoms with E-state index in [0.29, 0.717) is 16.2 Å². The maximum atomic E-state index is 14.3. The van der Waals surface area contributed by atoms with Gasteiger partial charge in [0.25, 0.3) is 0 Å². The largest absolute Gasteiger partial charge is 0.359 e. The van der Waals surface area contributed by atoms with Crippen molar-refractivity contribution in [2.45, 2.75) is 25.6 Å². The molecule has 2 heterocycles. The Morgan fingerprint density at radius 1 is 1.38 bits per heavy atom. The Bertz CT molecular complexity index is 709. The van der Waals surface area contributed by atoms with Crippen LogP contribution in [0.5, 0.6) is 0 Å². The number of nitrogens with zero attached hydrogens (tertiary/aromatic N) is 1. The van der Waals surface area contributed by atoms with Gasteiger partial charge < -0.3 is 9.94 Å². The second-order valence-electron chi connectivity index (χ2n) is 5.16. The van der Waals surface area contributed by atoms with Crippen molar-refractivity contribution in [3.63, 3.8) is 0 Å². The van der Waals surface area contributed by atoms with Crippen LogP contribution in [0.1, 0.15) is 28.8 Å². The van der Waals surface area contributed by atoms with Crippen LogP contribution in [0.15, 0.2) is 39.3 Å². The quantitative estimate of drug-likeness (QED) is 0.862. The third-order valence-corrected chi connectivity index (χ3v) is 5.13. The molecule has 2 atom stereocenters. The van der Waals surface area contributed by atoms with Gasteiger partial charge in [-0.3, -0.25) is 0 Å². The molecule has 0 bridgehead atoms. The first-order valence-electron chi connectivity index (χ1n) is 6.38. The number of aryl methyl sites for hydroxylation is 1. The molecule has 2 aromatic rings. The van der Waals surface area contributed by atoms with Crippen molar-refractivity contribution >= 4 is 33.0 Å². The molecule has 110 valence electrons. The van der Waals surface area contributed by atoms with Crippen LogP contribution in [0, 0.1) is 12.7 Å². The van der Waals surface area contributed by atoms with Gasteiger partial charge in [-0.1, -0.05) is 33.2 Å². The Labute approximate surface area is 134 Å². The molecule has 21 heavy (non-hydrogen) atoms. The highest BCUT2D eigenvalue weighted by Gasteiger charge is 2.47. The van der Waals surface area contributed by atoms with E-state index < -0.39 is 11.7 Å². The topological polar surface area (TPSA) is 41.8 Å². The van der Waals surface area contributed by atoms with E-state index >= 15 is 0 Å². The van der Waals surface area contributed by atoms with E-state index in [0.717, 1.165) is 10.0 Å². The van der Waals surface area contributed by atoms with E-state index in [1.165, 1.54) is 18.3 Å². The standard InChI is InChI=1S/C15H13BrFNO2S/c1-8-7-21-14(12(8)17)11-13(18-20-15(11,2)19)9-3-5-10(16)6-4-9/h3-7,11,19H,1-2H3. The molecule has 0 amide bonds. The van der Waals surface area contributed by atoms with Crippen LogP contribution in [0.3, 0.4) is 0 Å². The van der Waals surface area contributed by atoms with E-state index in [1.807, 2.05) is 24.3 Å². The van der Waals surface area contributed by atoms with Crippen molar-refractivity contribution in [3.8, 4) is 0 Å². The van der Waals surface area contributed by atoms with Crippen molar-refractivity contribution in [1.29, 1.82) is 0 Å². The van der Waals surface area contributed by atoms with Crippen LogP contribution in [0.25, 0.3) is 0 Å². The lowest BCUT2D eigenvalue weighted by molar-refractivity contribution is -0.179. The maximum Gasteiger partial charge on any atom is 0.245 e. The maximum absolute atomic E-state index is 14.3. The molecule has 0 radical (unpaired) electrons. The van der Waals surface area contributed by atoms with Gasteiger partial charge in [-0.15, -0.1) is 11.3 Å². The lowest BCUT2D eigenvalue weighted by Gasteiger charge is -2.23. The molecule has 1 aliphatic rings. The minimum absolute atomic E-state index is 0.305. The average molecular weight is 370 g/mol. The monoisotopic (exact) mass is 369 g/mol. The van der Waals surface area contributed by atoms with Crippen molar-refractivity contribution in [1.82, 2.24) is 0 Å². The second-order valence-corrected chi connectivity index (χ2v) is 6.99. The molecule has 0 saturated heterocycles. The predicted molar refractivity (Wildman–Crippen MR) is 84.1 cm³/mol. The van der Waals surface area contributed by atoms with Gasteiger partial charge in [-0.05, 0) is 30.0 Å². The predicted octanol–water partition coefficient (Wildman–Crippen LogP) is 4.18. The van der Waals surface area contributed by atoms with Crippen molar-refractivity contribution in [3.05, 3.63) is 55.9 Å². The number of aliphatic hydroxyl groups is 1. The third-order valence-electron chi connectivity index (χ3n) is 3.47. The average Bonchev–Trinajstić information content (AvgIpc) is 2.92. The second kappa shape index (κ2) is 5.19. The fourth-order valence-corrected chi connectivity index (χ4v) is 3.75. The molecule has 0 saturated carbocycles. The van der Waals surface area contributed by atoms with Gasteiger partial charge in [-0.2, -0.15) is 0 Å². The van der Waals surface area contributed by atoms with E-state index in [1.54, 1.807) is 12.3 Å². The van der Waals surface area contributed by atoms with Crippen molar-refractivity contribution < 1.29 is 14.3 Å². The van der Waals surface area contributed by atoms with Gasteiger partial charge in [0.05, 0.1) is 4.88 Å². The zero-order valence-corrected chi connectivity index (χ0v) is 13.8. The van der Waals surface area contributed by atoms with Gasteiger partial charge in [-0.25, -0.2) is 4.39 Å². The Hall–Kier alpha value is -1.24. The molecule has 1 N–H and O–H groups in total. The molecule has 1 aliphatic heterocycles.